The molecule has 8 heteroatoms. The van der Waals surface area contributed by atoms with Gasteiger partial charge < -0.3 is 15.2 Å². The fourth-order valence-electron chi connectivity index (χ4n) is 1.82. The van der Waals surface area contributed by atoms with Crippen LogP contribution in [0.1, 0.15) is 0 Å². The molecule has 0 spiro atoms. The third-order valence-corrected chi connectivity index (χ3v) is 2.67. The van der Waals surface area contributed by atoms with Crippen molar-refractivity contribution in [1.29, 1.82) is 0 Å². The summed E-state index contributed by atoms with van der Waals surface area (Å²) in [5.41, 5.74) is 0.328. The molecule has 0 aliphatic carbocycles. The molecule has 2 N–H and O–H groups in total. The van der Waals surface area contributed by atoms with E-state index in [1.807, 2.05) is 0 Å². The monoisotopic (exact) mass is 298 g/mol. The van der Waals surface area contributed by atoms with Crippen LogP contribution in [0.15, 0.2) is 36.0 Å². The molecule has 1 heterocycles. The number of nitrogens with zero attached hydrogens (tertiary/aromatic N) is 1. The fourth-order valence-corrected chi connectivity index (χ4v) is 1.82. The number of hydrogen-bond acceptors (Lipinski definition) is 5. The molecule has 1 aromatic rings. The van der Waals surface area contributed by atoms with E-state index in [1.165, 1.54) is 24.3 Å². The number of benzene rings is 1. The third-order valence-electron chi connectivity index (χ3n) is 2.67. The van der Waals surface area contributed by atoms with Crippen LogP contribution in [0.2, 0.25) is 0 Å². The average molecular weight is 298 g/mol. The number of alkyl halides is 2. The van der Waals surface area contributed by atoms with Gasteiger partial charge in [-0.1, -0.05) is 6.07 Å². The van der Waals surface area contributed by atoms with Crippen LogP contribution in [0.5, 0.6) is 5.75 Å². The highest BCUT2D eigenvalue weighted by Crippen LogP contribution is 2.22. The SMILES string of the molecule is O=C1C=C(Nc2cccc(OC(F)F)c2)C(=O)N1CCO. The van der Waals surface area contributed by atoms with Gasteiger partial charge in [-0.3, -0.25) is 14.5 Å². The fraction of sp³-hybridized carbons (Fsp3) is 0.231. The summed E-state index contributed by atoms with van der Waals surface area (Å²) < 4.78 is 28.5. The van der Waals surface area contributed by atoms with Crippen LogP contribution < -0.4 is 10.1 Å². The summed E-state index contributed by atoms with van der Waals surface area (Å²) >= 11 is 0. The number of imide groups is 1. The minimum absolute atomic E-state index is 0.00245. The van der Waals surface area contributed by atoms with E-state index in [0.29, 0.717) is 5.69 Å². The van der Waals surface area contributed by atoms with Gasteiger partial charge in [0.2, 0.25) is 0 Å². The highest BCUT2D eigenvalue weighted by Gasteiger charge is 2.30. The largest absolute Gasteiger partial charge is 0.435 e. The van der Waals surface area contributed by atoms with Gasteiger partial charge in [-0.25, -0.2) is 0 Å². The standard InChI is InChI=1S/C13H12F2N2O4/c14-13(15)21-9-3-1-2-8(6-9)16-10-7-11(19)17(4-5-18)12(10)20/h1-3,6-7,13,16,18H,4-5H2. The van der Waals surface area contributed by atoms with Crippen LogP contribution in [-0.4, -0.2) is 41.6 Å². The van der Waals surface area contributed by atoms with Gasteiger partial charge in [0.25, 0.3) is 11.8 Å². The Morgan fingerprint density at radius 1 is 1.33 bits per heavy atom. The minimum atomic E-state index is -2.95. The molecule has 1 aliphatic rings. The first-order valence-electron chi connectivity index (χ1n) is 6.01. The van der Waals surface area contributed by atoms with Crippen molar-refractivity contribution in [2.75, 3.05) is 18.5 Å². The maximum absolute atomic E-state index is 12.1. The Morgan fingerprint density at radius 3 is 2.76 bits per heavy atom. The van der Waals surface area contributed by atoms with Gasteiger partial charge in [0.1, 0.15) is 11.4 Å². The zero-order chi connectivity index (χ0) is 15.4. The lowest BCUT2D eigenvalue weighted by atomic mass is 10.3. The highest BCUT2D eigenvalue weighted by atomic mass is 19.3. The molecular formula is C13H12F2N2O4. The number of halogens is 2. The van der Waals surface area contributed by atoms with Crippen molar-refractivity contribution in [1.82, 2.24) is 4.90 Å². The predicted molar refractivity (Wildman–Crippen MR) is 68.6 cm³/mol. The molecular weight excluding hydrogens is 286 g/mol. The number of aliphatic hydroxyl groups excluding tert-OH is 1. The Kier molecular flexibility index (Phi) is 4.49. The molecule has 0 aromatic heterocycles. The van der Waals surface area contributed by atoms with E-state index in [9.17, 15) is 18.4 Å². The summed E-state index contributed by atoms with van der Waals surface area (Å²) in [5.74, 6) is -1.20. The Bertz CT molecular complexity index is 589. The van der Waals surface area contributed by atoms with E-state index < -0.39 is 18.4 Å². The first-order chi connectivity index (χ1) is 10.0. The second-order valence-electron chi connectivity index (χ2n) is 4.11. The minimum Gasteiger partial charge on any atom is -0.435 e. The summed E-state index contributed by atoms with van der Waals surface area (Å²) in [5, 5.41) is 11.4. The average Bonchev–Trinajstić information content (AvgIpc) is 2.66. The van der Waals surface area contributed by atoms with Gasteiger partial charge in [0, 0.05) is 17.8 Å². The van der Waals surface area contributed by atoms with Crippen LogP contribution in [0, 0.1) is 0 Å². The van der Waals surface area contributed by atoms with Crippen molar-refractivity contribution in [2.45, 2.75) is 6.61 Å². The van der Waals surface area contributed by atoms with E-state index >= 15 is 0 Å². The van der Waals surface area contributed by atoms with E-state index in [1.54, 1.807) is 0 Å². The van der Waals surface area contributed by atoms with Crippen LogP contribution in [0.3, 0.4) is 0 Å². The molecule has 0 fully saturated rings. The normalized spacial score (nSPS) is 14.7. The number of anilines is 1. The smallest absolute Gasteiger partial charge is 0.387 e. The molecule has 0 radical (unpaired) electrons. The number of nitrogens with one attached hydrogen (secondary N) is 1. The molecule has 0 unspecified atom stereocenters. The Morgan fingerprint density at radius 2 is 2.10 bits per heavy atom. The molecule has 0 bridgehead atoms. The molecule has 1 aliphatic heterocycles. The van der Waals surface area contributed by atoms with Crippen molar-refractivity contribution in [2.24, 2.45) is 0 Å². The topological polar surface area (TPSA) is 78.9 Å². The number of carbonyl (C=O) groups is 2. The number of β-amino-alcohol motifs (C(OH)–C–C–N with tert-alkyl or cyclic N) is 1. The zero-order valence-electron chi connectivity index (χ0n) is 10.8. The third kappa shape index (κ3) is 3.54. The Hall–Kier alpha value is -2.48. The lowest BCUT2D eigenvalue weighted by Crippen LogP contribution is -2.34. The van der Waals surface area contributed by atoms with Gasteiger partial charge in [-0.15, -0.1) is 0 Å². The molecule has 1 aromatic carbocycles. The van der Waals surface area contributed by atoms with Crippen molar-refractivity contribution in [3.8, 4) is 5.75 Å². The van der Waals surface area contributed by atoms with E-state index in [0.717, 1.165) is 11.0 Å². The zero-order valence-corrected chi connectivity index (χ0v) is 10.8. The molecule has 112 valence electrons. The second kappa shape index (κ2) is 6.31. The Labute approximate surface area is 118 Å². The van der Waals surface area contributed by atoms with Crippen LogP contribution in [0.4, 0.5) is 14.5 Å². The van der Waals surface area contributed by atoms with Gasteiger partial charge >= 0.3 is 6.61 Å². The quantitative estimate of drug-likeness (QED) is 0.764. The second-order valence-corrected chi connectivity index (χ2v) is 4.11. The molecule has 21 heavy (non-hydrogen) atoms. The van der Waals surface area contributed by atoms with Gasteiger partial charge in [0.15, 0.2) is 0 Å². The summed E-state index contributed by atoms with van der Waals surface area (Å²) in [7, 11) is 0. The van der Waals surface area contributed by atoms with Crippen molar-refractivity contribution >= 4 is 17.5 Å². The molecule has 0 atom stereocenters. The Balaban J connectivity index is 2.10. The molecule has 0 saturated carbocycles. The molecule has 2 rings (SSSR count). The van der Waals surface area contributed by atoms with Gasteiger partial charge in [0.05, 0.1) is 13.2 Å². The molecule has 6 nitrogen and oxygen atoms in total. The summed E-state index contributed by atoms with van der Waals surface area (Å²) in [6.07, 6.45) is 1.08. The lowest BCUT2D eigenvalue weighted by molar-refractivity contribution is -0.137. The van der Waals surface area contributed by atoms with Crippen LogP contribution >= 0.6 is 0 Å². The molecule has 0 saturated heterocycles. The number of hydrogen-bond donors (Lipinski definition) is 2. The van der Waals surface area contributed by atoms with Gasteiger partial charge in [-0.05, 0) is 12.1 Å². The molecule has 2 amide bonds. The van der Waals surface area contributed by atoms with Crippen molar-refractivity contribution < 1.29 is 28.2 Å². The number of ether oxygens (including phenoxy) is 1. The number of rotatable bonds is 6. The predicted octanol–water partition coefficient (Wildman–Crippen LogP) is 0.945. The number of amides is 2. The summed E-state index contributed by atoms with van der Waals surface area (Å²) in [4.78, 5) is 24.3. The highest BCUT2D eigenvalue weighted by molar-refractivity contribution is 6.17. The van der Waals surface area contributed by atoms with Crippen LogP contribution in [0.25, 0.3) is 0 Å². The summed E-state index contributed by atoms with van der Waals surface area (Å²) in [6, 6.07) is 5.61. The summed E-state index contributed by atoms with van der Waals surface area (Å²) in [6.45, 7) is -3.39. The van der Waals surface area contributed by atoms with Crippen molar-refractivity contribution in [3.63, 3.8) is 0 Å². The number of aliphatic hydroxyl groups is 1. The van der Waals surface area contributed by atoms with Crippen molar-refractivity contribution in [3.05, 3.63) is 36.0 Å². The lowest BCUT2D eigenvalue weighted by Gasteiger charge is -2.13. The van der Waals surface area contributed by atoms with Gasteiger partial charge in [-0.2, -0.15) is 8.78 Å². The van der Waals surface area contributed by atoms with E-state index in [2.05, 4.69) is 10.1 Å². The first kappa shape index (κ1) is 14.9. The maximum atomic E-state index is 12.1. The van der Waals surface area contributed by atoms with Crippen LogP contribution in [-0.2, 0) is 9.59 Å². The number of carbonyl (C=O) groups excluding carboxylic acids is 2. The van der Waals surface area contributed by atoms with E-state index in [4.69, 9.17) is 5.11 Å². The van der Waals surface area contributed by atoms with E-state index in [-0.39, 0.29) is 24.6 Å². The first-order valence-corrected chi connectivity index (χ1v) is 6.01. The maximum Gasteiger partial charge on any atom is 0.387 e.